The SMILES string of the molecule is Cc1ccc(NC2SCCNC2=O)cc1. The van der Waals surface area contributed by atoms with E-state index in [0.717, 1.165) is 18.0 Å². The third kappa shape index (κ3) is 2.65. The molecule has 0 aromatic heterocycles. The maximum atomic E-state index is 11.5. The molecular weight excluding hydrogens is 208 g/mol. The van der Waals surface area contributed by atoms with Gasteiger partial charge >= 0.3 is 0 Å². The van der Waals surface area contributed by atoms with Crippen molar-refractivity contribution in [3.63, 3.8) is 0 Å². The van der Waals surface area contributed by atoms with Gasteiger partial charge in [0.25, 0.3) is 5.91 Å². The van der Waals surface area contributed by atoms with E-state index in [2.05, 4.69) is 10.6 Å². The normalized spacial score (nSPS) is 20.9. The highest BCUT2D eigenvalue weighted by atomic mass is 32.2. The summed E-state index contributed by atoms with van der Waals surface area (Å²) in [7, 11) is 0. The van der Waals surface area contributed by atoms with Gasteiger partial charge in [-0.15, -0.1) is 11.8 Å². The van der Waals surface area contributed by atoms with Crippen molar-refractivity contribution in [2.75, 3.05) is 17.6 Å². The standard InChI is InChI=1S/C11H14N2OS/c1-8-2-4-9(5-3-8)13-11-10(14)12-6-7-15-11/h2-5,11,13H,6-7H2,1H3,(H,12,14). The van der Waals surface area contributed by atoms with Gasteiger partial charge in [-0.05, 0) is 19.1 Å². The molecule has 1 unspecified atom stereocenters. The molecule has 1 amide bonds. The molecule has 0 saturated carbocycles. The number of amides is 1. The van der Waals surface area contributed by atoms with Crippen LogP contribution in [0.15, 0.2) is 24.3 Å². The average Bonchev–Trinajstić information content (AvgIpc) is 2.25. The summed E-state index contributed by atoms with van der Waals surface area (Å²) in [6.45, 7) is 2.82. The minimum atomic E-state index is -0.151. The van der Waals surface area contributed by atoms with Gasteiger partial charge in [0.2, 0.25) is 0 Å². The molecule has 1 atom stereocenters. The summed E-state index contributed by atoms with van der Waals surface area (Å²) in [5.74, 6) is 1.04. The highest BCUT2D eigenvalue weighted by molar-refractivity contribution is 8.00. The predicted octanol–water partition coefficient (Wildman–Crippen LogP) is 1.60. The summed E-state index contributed by atoms with van der Waals surface area (Å²) >= 11 is 1.65. The lowest BCUT2D eigenvalue weighted by Gasteiger charge is -2.23. The highest BCUT2D eigenvalue weighted by Crippen LogP contribution is 2.18. The van der Waals surface area contributed by atoms with Crippen LogP contribution in [0.1, 0.15) is 5.56 Å². The van der Waals surface area contributed by atoms with Gasteiger partial charge in [0, 0.05) is 18.0 Å². The topological polar surface area (TPSA) is 41.1 Å². The Balaban J connectivity index is 2.01. The molecule has 0 aliphatic carbocycles. The van der Waals surface area contributed by atoms with E-state index in [0.29, 0.717) is 0 Å². The molecule has 1 aromatic rings. The molecule has 0 spiro atoms. The van der Waals surface area contributed by atoms with Crippen molar-refractivity contribution < 1.29 is 4.79 Å². The number of carbonyl (C=O) groups excluding carboxylic acids is 1. The van der Waals surface area contributed by atoms with Crippen molar-refractivity contribution in [1.82, 2.24) is 5.32 Å². The minimum absolute atomic E-state index is 0.0758. The zero-order valence-corrected chi connectivity index (χ0v) is 9.43. The van der Waals surface area contributed by atoms with Gasteiger partial charge in [-0.1, -0.05) is 17.7 Å². The second kappa shape index (κ2) is 4.57. The fraction of sp³-hybridized carbons (Fsp3) is 0.364. The molecule has 15 heavy (non-hydrogen) atoms. The Morgan fingerprint density at radius 2 is 2.13 bits per heavy atom. The van der Waals surface area contributed by atoms with Gasteiger partial charge in [0.15, 0.2) is 5.37 Å². The lowest BCUT2D eigenvalue weighted by atomic mass is 10.2. The fourth-order valence-electron chi connectivity index (χ4n) is 1.43. The monoisotopic (exact) mass is 222 g/mol. The van der Waals surface area contributed by atoms with E-state index >= 15 is 0 Å². The Morgan fingerprint density at radius 3 is 2.80 bits per heavy atom. The van der Waals surface area contributed by atoms with E-state index in [1.54, 1.807) is 11.8 Å². The molecule has 1 saturated heterocycles. The number of aryl methyl sites for hydroxylation is 1. The number of nitrogens with one attached hydrogen (secondary N) is 2. The first-order valence-electron chi connectivity index (χ1n) is 4.98. The molecule has 4 heteroatoms. The van der Waals surface area contributed by atoms with Gasteiger partial charge in [-0.25, -0.2) is 0 Å². The Morgan fingerprint density at radius 1 is 1.40 bits per heavy atom. The van der Waals surface area contributed by atoms with Crippen LogP contribution in [-0.2, 0) is 4.79 Å². The summed E-state index contributed by atoms with van der Waals surface area (Å²) < 4.78 is 0. The van der Waals surface area contributed by atoms with Crippen molar-refractivity contribution >= 4 is 23.4 Å². The van der Waals surface area contributed by atoms with E-state index in [9.17, 15) is 4.79 Å². The third-order valence-corrected chi connectivity index (χ3v) is 3.38. The zero-order valence-electron chi connectivity index (χ0n) is 8.62. The van der Waals surface area contributed by atoms with Crippen LogP contribution in [-0.4, -0.2) is 23.6 Å². The number of hydrogen-bond donors (Lipinski definition) is 2. The molecule has 80 valence electrons. The molecule has 1 aromatic carbocycles. The van der Waals surface area contributed by atoms with Crippen molar-refractivity contribution in [2.45, 2.75) is 12.3 Å². The van der Waals surface area contributed by atoms with Crippen LogP contribution in [0, 0.1) is 6.92 Å². The van der Waals surface area contributed by atoms with E-state index in [-0.39, 0.29) is 11.3 Å². The fourth-order valence-corrected chi connectivity index (χ4v) is 2.34. The third-order valence-electron chi connectivity index (χ3n) is 2.27. The lowest BCUT2D eigenvalue weighted by molar-refractivity contribution is -0.120. The maximum Gasteiger partial charge on any atom is 0.253 e. The lowest BCUT2D eigenvalue weighted by Crippen LogP contribution is -2.43. The quantitative estimate of drug-likeness (QED) is 0.798. The van der Waals surface area contributed by atoms with E-state index < -0.39 is 0 Å². The second-order valence-electron chi connectivity index (χ2n) is 3.55. The average molecular weight is 222 g/mol. The number of anilines is 1. The van der Waals surface area contributed by atoms with Gasteiger partial charge in [0.1, 0.15) is 0 Å². The Labute approximate surface area is 93.6 Å². The van der Waals surface area contributed by atoms with Crippen molar-refractivity contribution in [2.24, 2.45) is 0 Å². The Hall–Kier alpha value is -1.16. The van der Waals surface area contributed by atoms with Crippen LogP contribution in [0.3, 0.4) is 0 Å². The zero-order chi connectivity index (χ0) is 10.7. The summed E-state index contributed by atoms with van der Waals surface area (Å²) in [4.78, 5) is 11.5. The first-order chi connectivity index (χ1) is 7.25. The van der Waals surface area contributed by atoms with E-state index in [1.165, 1.54) is 5.56 Å². The number of benzene rings is 1. The van der Waals surface area contributed by atoms with Crippen molar-refractivity contribution in [1.29, 1.82) is 0 Å². The molecule has 0 radical (unpaired) electrons. The highest BCUT2D eigenvalue weighted by Gasteiger charge is 2.21. The van der Waals surface area contributed by atoms with Gasteiger partial charge < -0.3 is 10.6 Å². The largest absolute Gasteiger partial charge is 0.366 e. The molecular formula is C11H14N2OS. The summed E-state index contributed by atoms with van der Waals surface area (Å²) in [5.41, 5.74) is 2.22. The Bertz CT molecular complexity index is 350. The van der Waals surface area contributed by atoms with E-state index in [1.807, 2.05) is 31.2 Å². The molecule has 0 bridgehead atoms. The maximum absolute atomic E-state index is 11.5. The number of thioether (sulfide) groups is 1. The molecule has 1 fully saturated rings. The van der Waals surface area contributed by atoms with Crippen LogP contribution in [0.25, 0.3) is 0 Å². The van der Waals surface area contributed by atoms with Gasteiger partial charge in [-0.3, -0.25) is 4.79 Å². The predicted molar refractivity (Wildman–Crippen MR) is 64.1 cm³/mol. The second-order valence-corrected chi connectivity index (χ2v) is 4.77. The number of rotatable bonds is 2. The van der Waals surface area contributed by atoms with E-state index in [4.69, 9.17) is 0 Å². The first kappa shape index (κ1) is 10.4. The van der Waals surface area contributed by atoms with Gasteiger partial charge in [-0.2, -0.15) is 0 Å². The molecule has 2 N–H and O–H groups in total. The first-order valence-corrected chi connectivity index (χ1v) is 6.03. The van der Waals surface area contributed by atoms with Crippen LogP contribution in [0.2, 0.25) is 0 Å². The smallest absolute Gasteiger partial charge is 0.253 e. The number of hydrogen-bond acceptors (Lipinski definition) is 3. The molecule has 3 nitrogen and oxygen atoms in total. The molecule has 1 aliphatic rings. The van der Waals surface area contributed by atoms with Crippen LogP contribution >= 0.6 is 11.8 Å². The number of carbonyl (C=O) groups is 1. The minimum Gasteiger partial charge on any atom is -0.366 e. The molecule has 1 aliphatic heterocycles. The molecule has 1 heterocycles. The summed E-state index contributed by atoms with van der Waals surface area (Å²) in [5, 5.41) is 5.90. The summed E-state index contributed by atoms with van der Waals surface area (Å²) in [6.07, 6.45) is 0. The Kier molecular flexibility index (Phi) is 3.16. The van der Waals surface area contributed by atoms with Crippen LogP contribution < -0.4 is 10.6 Å². The van der Waals surface area contributed by atoms with Gasteiger partial charge in [0.05, 0.1) is 0 Å². The van der Waals surface area contributed by atoms with Crippen LogP contribution in [0.4, 0.5) is 5.69 Å². The van der Waals surface area contributed by atoms with Crippen LogP contribution in [0.5, 0.6) is 0 Å². The van der Waals surface area contributed by atoms with Crippen molar-refractivity contribution in [3.8, 4) is 0 Å². The molecule has 2 rings (SSSR count). The van der Waals surface area contributed by atoms with Crippen molar-refractivity contribution in [3.05, 3.63) is 29.8 Å². The summed E-state index contributed by atoms with van der Waals surface area (Å²) in [6, 6.07) is 8.07.